The molecule has 0 radical (unpaired) electrons. The summed E-state index contributed by atoms with van der Waals surface area (Å²) in [6.45, 7) is 17.8. The van der Waals surface area contributed by atoms with E-state index >= 15 is 0 Å². The van der Waals surface area contributed by atoms with Crippen LogP contribution in [0, 0.1) is 55.4 Å². The first-order valence-electron chi connectivity index (χ1n) is 18.3. The quantitative estimate of drug-likeness (QED) is 0.133. The Morgan fingerprint density at radius 3 is 1.06 bits per heavy atom. The molecular weight excluding hydrogens is 646 g/mol. The van der Waals surface area contributed by atoms with E-state index in [4.69, 9.17) is 0 Å². The van der Waals surface area contributed by atoms with Crippen molar-refractivity contribution < 1.29 is 6.51 Å². The van der Waals surface area contributed by atoms with Crippen LogP contribution in [0.25, 0.3) is 0 Å². The van der Waals surface area contributed by atoms with Gasteiger partial charge in [0.1, 0.15) is 0 Å². The van der Waals surface area contributed by atoms with Crippen LogP contribution in [-0.2, 0) is 6.51 Å². The molecule has 6 atom stereocenters. The van der Waals surface area contributed by atoms with E-state index in [0.717, 1.165) is 5.66 Å². The molecule has 10 heterocycles. The van der Waals surface area contributed by atoms with Crippen LogP contribution in [0.1, 0.15) is 51.4 Å². The minimum absolute atomic E-state index is 0.391. The summed E-state index contributed by atoms with van der Waals surface area (Å²) in [7, 11) is -0.848. The zero-order valence-corrected chi connectivity index (χ0v) is 32.3. The van der Waals surface area contributed by atoms with Crippen LogP contribution in [0.4, 0.5) is 0 Å². The van der Waals surface area contributed by atoms with Gasteiger partial charge in [0.15, 0.2) is 0 Å². The zero-order valence-electron chi connectivity index (χ0n) is 29.4. The maximum atomic E-state index is 2.89. The third-order valence-corrected chi connectivity index (χ3v) is 75.3. The molecule has 1 spiro atoms. The van der Waals surface area contributed by atoms with Gasteiger partial charge in [0.2, 0.25) is 0 Å². The summed E-state index contributed by atoms with van der Waals surface area (Å²) in [5.74, 6) is 0. The Morgan fingerprint density at radius 2 is 0.766 bits per heavy atom. The van der Waals surface area contributed by atoms with Crippen molar-refractivity contribution in [2.24, 2.45) is 0 Å². The van der Waals surface area contributed by atoms with Gasteiger partial charge < -0.3 is 0 Å². The standard InChI is InChI=1S/C39H43P2.C5H5.Fe/c1-25-13-26(2)18-34(17-25)40(35-19-27(3)14-28(4)20-35)33(9)38-11-10-12-39(38)41(36-21-29(5)15-30(6)22-36)37-23-31(7)16-32(8)24-37;1-2-4-5-3-1;/h10-24,33H,1-9H3;1-5H;. The number of benzene rings is 4. The molecule has 10 fully saturated rings. The molecule has 5 unspecified atom stereocenters. The number of hydrogen-bond donors (Lipinski definition) is 0. The number of rotatable bonds is 7. The van der Waals surface area contributed by atoms with E-state index in [9.17, 15) is 0 Å². The van der Waals surface area contributed by atoms with Crippen molar-refractivity contribution in [3.8, 4) is 0 Å². The van der Waals surface area contributed by atoms with Crippen LogP contribution in [0.2, 0.25) is 42.8 Å². The second kappa shape index (κ2) is 4.46. The predicted octanol–water partition coefficient (Wildman–Crippen LogP) is 10.8. The third-order valence-electron chi connectivity index (χ3n) is 22.1. The second-order valence-electron chi connectivity index (χ2n) is 20.5. The summed E-state index contributed by atoms with van der Waals surface area (Å²) in [6.07, 6.45) is 0. The number of hydrogen-bond acceptors (Lipinski definition) is 0. The van der Waals surface area contributed by atoms with Crippen LogP contribution in [-0.4, -0.2) is 9.71 Å². The summed E-state index contributed by atoms with van der Waals surface area (Å²) in [6, 6.07) is 31.0. The third kappa shape index (κ3) is 0.848. The van der Waals surface area contributed by atoms with Gasteiger partial charge in [-0.25, -0.2) is 0 Å². The van der Waals surface area contributed by atoms with Gasteiger partial charge in [-0.1, -0.05) is 0 Å². The summed E-state index contributed by atoms with van der Waals surface area (Å²) >= 11 is 0. The van der Waals surface area contributed by atoms with Gasteiger partial charge in [0.25, 0.3) is 0 Å². The van der Waals surface area contributed by atoms with Crippen molar-refractivity contribution in [1.29, 1.82) is 0 Å². The van der Waals surface area contributed by atoms with Crippen LogP contribution in [0.5, 0.6) is 0 Å². The molecule has 0 saturated carbocycles. The Labute approximate surface area is 274 Å². The van der Waals surface area contributed by atoms with E-state index in [-0.39, 0.29) is 0 Å². The molecule has 3 heteroatoms. The van der Waals surface area contributed by atoms with Crippen molar-refractivity contribution in [3.63, 3.8) is 0 Å². The molecule has 0 aliphatic carbocycles. The molecule has 10 aliphatic rings. The van der Waals surface area contributed by atoms with E-state index in [2.05, 4.69) is 135 Å². The zero-order chi connectivity index (χ0) is 32.1. The Morgan fingerprint density at radius 1 is 0.447 bits per heavy atom. The molecule has 242 valence electrons. The van der Waals surface area contributed by atoms with E-state index in [0.29, 0.717) is 8.37 Å². The molecule has 10 aliphatic heterocycles. The number of fused-ring (bicyclic) bond motifs is 10. The van der Waals surface area contributed by atoms with Gasteiger partial charge in [0, 0.05) is 0 Å². The Balaban J connectivity index is 1.08. The molecule has 4 aromatic carbocycles. The monoisotopic (exact) mass is 694 g/mol. The number of aryl methyl sites for hydroxylation is 8. The molecule has 4 aromatic rings. The van der Waals surface area contributed by atoms with Crippen molar-refractivity contribution in [2.45, 2.75) is 115 Å². The van der Waals surface area contributed by atoms with E-state index < -0.39 is 22.4 Å². The molecule has 47 heavy (non-hydrogen) atoms. The molecule has 0 bridgehead atoms. The average molecular weight is 695 g/mol. The molecule has 0 amide bonds. The van der Waals surface area contributed by atoms with Crippen molar-refractivity contribution >= 4 is 37.1 Å². The average Bonchev–Trinajstić information content (AvgIpc) is 3.90. The Bertz CT molecular complexity index is 2460. The topological polar surface area (TPSA) is 0 Å². The van der Waals surface area contributed by atoms with Crippen molar-refractivity contribution in [3.05, 3.63) is 117 Å². The summed E-state index contributed by atoms with van der Waals surface area (Å²) < 4.78 is 1.42. The van der Waals surface area contributed by atoms with Crippen LogP contribution in [0.3, 0.4) is 0 Å². The fourth-order valence-corrected chi connectivity index (χ4v) is 122. The van der Waals surface area contributed by atoms with Crippen LogP contribution >= 0.6 is 15.8 Å². The van der Waals surface area contributed by atoms with Gasteiger partial charge in [-0.15, -0.1) is 0 Å². The fourth-order valence-electron chi connectivity index (χ4n) is 24.1. The summed E-state index contributed by atoms with van der Waals surface area (Å²) in [5.41, 5.74) is 12.6. The van der Waals surface area contributed by atoms with Crippen molar-refractivity contribution in [2.75, 3.05) is 0 Å². The first-order valence-corrected chi connectivity index (χ1v) is 27.3. The van der Waals surface area contributed by atoms with E-state index in [1.54, 1.807) is 21.2 Å². The second-order valence-corrected chi connectivity index (χ2v) is 49.1. The first kappa shape index (κ1) is 26.1. The van der Waals surface area contributed by atoms with Crippen LogP contribution < -0.4 is 21.2 Å². The van der Waals surface area contributed by atoms with Crippen molar-refractivity contribution in [1.82, 2.24) is 0 Å². The molecule has 0 N–H and O–H groups in total. The van der Waals surface area contributed by atoms with Gasteiger partial charge in [-0.3, -0.25) is 0 Å². The van der Waals surface area contributed by atoms with Gasteiger partial charge in [0.05, 0.1) is 0 Å². The van der Waals surface area contributed by atoms with E-state index in [1.165, 1.54) is 83.0 Å². The first-order chi connectivity index (χ1) is 22.2. The minimum atomic E-state index is -3.97. The van der Waals surface area contributed by atoms with Gasteiger partial charge >= 0.3 is 276 Å². The molecule has 0 nitrogen and oxygen atoms in total. The molecule has 0 aromatic heterocycles. The van der Waals surface area contributed by atoms with Gasteiger partial charge in [-0.05, 0) is 0 Å². The fraction of sp³-hybridized carbons (Fsp3) is 0.455. The SMILES string of the molecule is Cc1cc(C)cc(P(c2cc(C)cc(C)c2)C(C)[C@]23[CH]4[CH]5[CH]6[C]2(P(c2cc(C)cc(C)c2)c2cc(C)cc(C)c2)[Fe]56432789[CH]3[CH]2[CH]7[CH]8[CH]39)c1. The normalized spacial score (nSPS) is 53.1. The van der Waals surface area contributed by atoms with Gasteiger partial charge in [-0.2, -0.15) is 0 Å². The molecular formula is C44H48FeP2. The predicted molar refractivity (Wildman–Crippen MR) is 201 cm³/mol. The summed E-state index contributed by atoms with van der Waals surface area (Å²) in [5, 5.41) is 6.90. The molecule has 10 saturated heterocycles. The Kier molecular flexibility index (Phi) is 2.48. The molecule has 14 rings (SSSR count). The van der Waals surface area contributed by atoms with Crippen LogP contribution in [0.15, 0.2) is 72.8 Å². The Hall–Kier alpha value is -1.74. The van der Waals surface area contributed by atoms with E-state index in [1.807, 2.05) is 0 Å². The summed E-state index contributed by atoms with van der Waals surface area (Å²) in [4.78, 5) is 10.1. The maximum absolute atomic E-state index is 3.97.